The molecule has 2 amide bonds. The molecule has 0 bridgehead atoms. The molecule has 0 aliphatic carbocycles. The molecular formula is C21H17N3O5S2. The van der Waals surface area contributed by atoms with Crippen molar-refractivity contribution in [1.29, 1.82) is 0 Å². The van der Waals surface area contributed by atoms with Gasteiger partial charge in [-0.1, -0.05) is 24.3 Å². The van der Waals surface area contributed by atoms with Crippen molar-refractivity contribution in [1.82, 2.24) is 4.90 Å². The molecule has 1 aliphatic heterocycles. The van der Waals surface area contributed by atoms with Gasteiger partial charge in [-0.05, 0) is 58.3 Å². The molecule has 31 heavy (non-hydrogen) atoms. The van der Waals surface area contributed by atoms with Crippen molar-refractivity contribution in [2.24, 2.45) is 0 Å². The summed E-state index contributed by atoms with van der Waals surface area (Å²) in [6.45, 7) is 0.654. The largest absolute Gasteiger partial charge is 0.465 e. The van der Waals surface area contributed by atoms with E-state index in [-0.39, 0.29) is 17.1 Å². The highest BCUT2D eigenvalue weighted by atomic mass is 32.1. The second kappa shape index (κ2) is 8.70. The predicted molar refractivity (Wildman–Crippen MR) is 120 cm³/mol. The first-order valence-corrected chi connectivity index (χ1v) is 11.0. The fourth-order valence-corrected chi connectivity index (χ4v) is 5.04. The Bertz CT molecular complexity index is 1170. The number of carboxylic acid groups (broad SMARTS) is 1. The Morgan fingerprint density at radius 2 is 1.97 bits per heavy atom. The van der Waals surface area contributed by atoms with E-state index in [9.17, 15) is 19.7 Å². The quantitative estimate of drug-likeness (QED) is 0.427. The van der Waals surface area contributed by atoms with E-state index in [1.165, 1.54) is 33.6 Å². The van der Waals surface area contributed by atoms with E-state index in [4.69, 9.17) is 5.11 Å². The van der Waals surface area contributed by atoms with Crippen LogP contribution >= 0.6 is 22.7 Å². The summed E-state index contributed by atoms with van der Waals surface area (Å²) >= 11 is 2.68. The van der Waals surface area contributed by atoms with Gasteiger partial charge in [-0.3, -0.25) is 4.79 Å². The first-order valence-electron chi connectivity index (χ1n) is 9.34. The van der Waals surface area contributed by atoms with Gasteiger partial charge in [0, 0.05) is 22.8 Å². The van der Waals surface area contributed by atoms with Gasteiger partial charge in [-0.2, -0.15) is 0 Å². The minimum Gasteiger partial charge on any atom is -0.465 e. The maximum Gasteiger partial charge on any atom is 0.407 e. The lowest BCUT2D eigenvalue weighted by Crippen LogP contribution is -2.35. The third-order valence-electron chi connectivity index (χ3n) is 4.87. The van der Waals surface area contributed by atoms with Crippen LogP contribution in [-0.2, 0) is 0 Å². The van der Waals surface area contributed by atoms with Crippen molar-refractivity contribution in [2.45, 2.75) is 6.42 Å². The molecular weight excluding hydrogens is 438 g/mol. The Balaban J connectivity index is 1.59. The van der Waals surface area contributed by atoms with E-state index in [0.29, 0.717) is 18.0 Å². The second-order valence-electron chi connectivity index (χ2n) is 6.75. The normalized spacial score (nSPS) is 13.5. The Morgan fingerprint density at radius 1 is 1.13 bits per heavy atom. The number of thiophene rings is 2. The zero-order chi connectivity index (χ0) is 22.0. The fraction of sp³-hybridized carbons (Fsp3) is 0.143. The Kier molecular flexibility index (Phi) is 5.83. The van der Waals surface area contributed by atoms with Crippen molar-refractivity contribution < 1.29 is 19.7 Å². The molecule has 4 rings (SSSR count). The van der Waals surface area contributed by atoms with Crippen molar-refractivity contribution in [3.63, 3.8) is 0 Å². The number of carbonyl (C=O) groups is 2. The van der Waals surface area contributed by atoms with Crippen LogP contribution in [0.15, 0.2) is 60.0 Å². The maximum absolute atomic E-state index is 13.0. The van der Waals surface area contributed by atoms with Crippen molar-refractivity contribution >= 4 is 45.9 Å². The van der Waals surface area contributed by atoms with Crippen LogP contribution in [-0.4, -0.2) is 40.1 Å². The van der Waals surface area contributed by atoms with Crippen LogP contribution in [0.1, 0.15) is 21.0 Å². The number of amides is 2. The highest BCUT2D eigenvalue weighted by molar-refractivity contribution is 7.15. The molecule has 0 unspecified atom stereocenters. The van der Waals surface area contributed by atoms with Crippen molar-refractivity contribution in [3.05, 3.63) is 79.9 Å². The van der Waals surface area contributed by atoms with Gasteiger partial charge in [-0.15, -0.1) is 22.7 Å². The Morgan fingerprint density at radius 3 is 2.61 bits per heavy atom. The number of hydrogen-bond donors (Lipinski definition) is 1. The number of anilines is 1. The monoisotopic (exact) mass is 455 g/mol. The van der Waals surface area contributed by atoms with E-state index < -0.39 is 17.0 Å². The van der Waals surface area contributed by atoms with Gasteiger partial charge in [0.15, 0.2) is 5.03 Å². The molecule has 0 saturated carbocycles. The predicted octanol–water partition coefficient (Wildman–Crippen LogP) is 5.08. The lowest BCUT2D eigenvalue weighted by atomic mass is 10.1. The molecule has 1 aromatic carbocycles. The molecule has 0 fully saturated rings. The Labute approximate surface area is 185 Å². The summed E-state index contributed by atoms with van der Waals surface area (Å²) in [5, 5.41) is 22.6. The highest BCUT2D eigenvalue weighted by Gasteiger charge is 2.30. The maximum atomic E-state index is 13.0. The van der Waals surface area contributed by atoms with Crippen molar-refractivity contribution in [2.75, 3.05) is 18.1 Å². The van der Waals surface area contributed by atoms with Crippen LogP contribution in [0.25, 0.3) is 16.0 Å². The molecule has 158 valence electrons. The molecule has 3 heterocycles. The van der Waals surface area contributed by atoms with Gasteiger partial charge in [0.05, 0.1) is 4.88 Å². The van der Waals surface area contributed by atoms with Crippen LogP contribution in [0.3, 0.4) is 0 Å². The standard InChI is InChI=1S/C21H17N3O5S2/c25-20(19-7-6-18(31-19)14-8-10-22(11-9-14)21(26)27)23(24(28)29)16-4-1-3-15(13-16)17-5-2-12-30-17/h1-8,12-13H,9-11H2,(H,26,27). The van der Waals surface area contributed by atoms with Gasteiger partial charge in [-0.25, -0.2) is 14.9 Å². The number of hydrogen-bond acceptors (Lipinski definition) is 6. The van der Waals surface area contributed by atoms with Gasteiger partial charge >= 0.3 is 12.0 Å². The van der Waals surface area contributed by atoms with Crippen LogP contribution in [0.5, 0.6) is 0 Å². The first-order chi connectivity index (χ1) is 14.9. The minimum atomic E-state index is -0.969. The molecule has 0 spiro atoms. The van der Waals surface area contributed by atoms with Crippen LogP contribution in [0.4, 0.5) is 10.5 Å². The summed E-state index contributed by atoms with van der Waals surface area (Å²) in [6.07, 6.45) is 1.37. The van der Waals surface area contributed by atoms with Gasteiger partial charge in [0.1, 0.15) is 5.69 Å². The number of nitrogens with zero attached hydrogens (tertiary/aromatic N) is 3. The zero-order valence-corrected chi connectivity index (χ0v) is 17.8. The fourth-order valence-electron chi connectivity index (χ4n) is 3.32. The third-order valence-corrected chi connectivity index (χ3v) is 6.93. The summed E-state index contributed by atoms with van der Waals surface area (Å²) in [7, 11) is 0. The zero-order valence-electron chi connectivity index (χ0n) is 16.1. The lowest BCUT2D eigenvalue weighted by molar-refractivity contribution is -0.481. The molecule has 3 aromatic rings. The topological polar surface area (TPSA) is 104 Å². The highest BCUT2D eigenvalue weighted by Crippen LogP contribution is 2.32. The smallest absolute Gasteiger partial charge is 0.407 e. The average molecular weight is 456 g/mol. The average Bonchev–Trinajstić information content (AvgIpc) is 3.46. The number of hydrazine groups is 1. The molecule has 1 aliphatic rings. The van der Waals surface area contributed by atoms with E-state index in [2.05, 4.69) is 0 Å². The van der Waals surface area contributed by atoms with E-state index in [1.54, 1.807) is 24.3 Å². The SMILES string of the molecule is O=C(O)N1CC=C(c2ccc(C(=O)N(c3cccc(-c4cccs4)c3)[N+](=O)[O-])s2)CC1. The molecule has 2 aromatic heterocycles. The van der Waals surface area contributed by atoms with Gasteiger partial charge < -0.3 is 10.0 Å². The molecule has 0 radical (unpaired) electrons. The number of nitro groups is 1. The summed E-state index contributed by atoms with van der Waals surface area (Å²) in [4.78, 5) is 39.1. The minimum absolute atomic E-state index is 0.185. The Hall–Kier alpha value is -3.50. The van der Waals surface area contributed by atoms with Gasteiger partial charge in [0.25, 0.3) is 0 Å². The summed E-state index contributed by atoms with van der Waals surface area (Å²) < 4.78 is 0. The summed E-state index contributed by atoms with van der Waals surface area (Å²) in [6, 6.07) is 13.8. The number of carbonyl (C=O) groups excluding carboxylic acids is 1. The van der Waals surface area contributed by atoms with Gasteiger partial charge in [0.2, 0.25) is 0 Å². The second-order valence-corrected chi connectivity index (χ2v) is 8.79. The van der Waals surface area contributed by atoms with Crippen LogP contribution in [0, 0.1) is 10.1 Å². The molecule has 0 saturated heterocycles. The van der Waals surface area contributed by atoms with Crippen LogP contribution < -0.4 is 5.01 Å². The number of benzene rings is 1. The third kappa shape index (κ3) is 4.35. The summed E-state index contributed by atoms with van der Waals surface area (Å²) in [5.74, 6) is -0.715. The molecule has 10 heteroatoms. The molecule has 8 nitrogen and oxygen atoms in total. The first kappa shape index (κ1) is 20.8. The van der Waals surface area contributed by atoms with Crippen molar-refractivity contribution in [3.8, 4) is 10.4 Å². The number of rotatable bonds is 5. The lowest BCUT2D eigenvalue weighted by Gasteiger charge is -2.23. The summed E-state index contributed by atoms with van der Waals surface area (Å²) in [5.41, 5.74) is 1.92. The van der Waals surface area contributed by atoms with Crippen LogP contribution in [0.2, 0.25) is 0 Å². The molecule has 0 atom stereocenters. The van der Waals surface area contributed by atoms with E-state index >= 15 is 0 Å². The van der Waals surface area contributed by atoms with E-state index in [1.807, 2.05) is 29.7 Å². The van der Waals surface area contributed by atoms with E-state index in [0.717, 1.165) is 20.9 Å². The molecule has 1 N–H and O–H groups in total.